The second-order valence-electron chi connectivity index (χ2n) is 3.61. The molecule has 0 saturated carbocycles. The van der Waals surface area contributed by atoms with Crippen LogP contribution in [0, 0.1) is 10.5 Å². The molecule has 0 aliphatic heterocycles. The highest BCUT2D eigenvalue weighted by molar-refractivity contribution is 14.1. The summed E-state index contributed by atoms with van der Waals surface area (Å²) >= 11 is 4.03. The Morgan fingerprint density at radius 3 is 2.81 bits per heavy atom. The highest BCUT2D eigenvalue weighted by Crippen LogP contribution is 2.23. The fraction of sp³-hybridized carbons (Fsp3) is 0.167. The van der Waals surface area contributed by atoms with Gasteiger partial charge in [-0.3, -0.25) is 0 Å². The third-order valence-corrected chi connectivity index (χ3v) is 4.12. The van der Waals surface area contributed by atoms with E-state index in [1.54, 1.807) is 11.3 Å². The highest BCUT2D eigenvalue weighted by atomic mass is 127. The number of hydrogen-bond acceptors (Lipinski definition) is 3. The van der Waals surface area contributed by atoms with E-state index < -0.39 is 0 Å². The molecule has 0 bridgehead atoms. The van der Waals surface area contributed by atoms with Crippen LogP contribution in [0.25, 0.3) is 0 Å². The monoisotopic (exact) mass is 344 g/mol. The minimum absolute atomic E-state index is 0.807. The lowest BCUT2D eigenvalue weighted by atomic mass is 10.2. The number of nitrogens with one attached hydrogen (secondary N) is 1. The average Bonchev–Trinajstić information content (AvgIpc) is 2.63. The van der Waals surface area contributed by atoms with Gasteiger partial charge in [-0.05, 0) is 64.7 Å². The second-order valence-corrected chi connectivity index (χ2v) is 5.86. The third-order valence-electron chi connectivity index (χ3n) is 2.42. The summed E-state index contributed by atoms with van der Waals surface area (Å²) < 4.78 is 1.16. The lowest BCUT2D eigenvalue weighted by molar-refractivity contribution is 1.17. The maximum absolute atomic E-state index is 5.93. The topological polar surface area (TPSA) is 38.0 Å². The number of anilines is 2. The van der Waals surface area contributed by atoms with E-state index in [9.17, 15) is 0 Å². The molecular weight excluding hydrogens is 331 g/mol. The molecule has 0 saturated heterocycles. The summed E-state index contributed by atoms with van der Waals surface area (Å²) in [5, 5.41) is 5.48. The zero-order valence-electron chi connectivity index (χ0n) is 8.96. The molecule has 4 heteroatoms. The summed E-state index contributed by atoms with van der Waals surface area (Å²) in [5.41, 5.74) is 9.08. The minimum atomic E-state index is 0.807. The highest BCUT2D eigenvalue weighted by Gasteiger charge is 2.02. The molecular formula is C12H13IN2S. The van der Waals surface area contributed by atoms with Crippen LogP contribution in [0.15, 0.2) is 29.6 Å². The van der Waals surface area contributed by atoms with Gasteiger partial charge in [-0.25, -0.2) is 0 Å². The molecule has 0 unspecified atom stereocenters. The van der Waals surface area contributed by atoms with Gasteiger partial charge < -0.3 is 11.1 Å². The Hall–Kier alpha value is -0.750. The van der Waals surface area contributed by atoms with E-state index in [4.69, 9.17) is 5.73 Å². The predicted octanol–water partition coefficient (Wildman–Crippen LogP) is 3.86. The number of thiophene rings is 1. The lowest BCUT2D eigenvalue weighted by Crippen LogP contribution is -2.02. The molecule has 0 spiro atoms. The SMILES string of the molecule is Cc1ccsc1CNc1ccc(I)cc1N. The molecule has 2 aromatic rings. The Balaban J connectivity index is 2.08. The molecule has 84 valence electrons. The summed E-state index contributed by atoms with van der Waals surface area (Å²) in [6.07, 6.45) is 0. The van der Waals surface area contributed by atoms with Crippen LogP contribution in [0.3, 0.4) is 0 Å². The molecule has 1 aromatic carbocycles. The maximum atomic E-state index is 5.93. The van der Waals surface area contributed by atoms with Gasteiger partial charge in [0.25, 0.3) is 0 Å². The van der Waals surface area contributed by atoms with Gasteiger partial charge in [-0.1, -0.05) is 0 Å². The van der Waals surface area contributed by atoms with E-state index in [2.05, 4.69) is 52.3 Å². The van der Waals surface area contributed by atoms with E-state index in [0.717, 1.165) is 21.5 Å². The average molecular weight is 344 g/mol. The zero-order chi connectivity index (χ0) is 11.5. The van der Waals surface area contributed by atoms with Crippen molar-refractivity contribution in [1.82, 2.24) is 0 Å². The van der Waals surface area contributed by atoms with Crippen LogP contribution < -0.4 is 11.1 Å². The molecule has 0 amide bonds. The van der Waals surface area contributed by atoms with Crippen molar-refractivity contribution in [3.8, 4) is 0 Å². The normalized spacial score (nSPS) is 10.4. The Morgan fingerprint density at radius 1 is 1.38 bits per heavy atom. The van der Waals surface area contributed by atoms with Gasteiger partial charge in [0.15, 0.2) is 0 Å². The number of rotatable bonds is 3. The summed E-state index contributed by atoms with van der Waals surface area (Å²) in [6.45, 7) is 2.97. The largest absolute Gasteiger partial charge is 0.397 e. The van der Waals surface area contributed by atoms with E-state index in [-0.39, 0.29) is 0 Å². The Morgan fingerprint density at radius 2 is 2.19 bits per heavy atom. The van der Waals surface area contributed by atoms with Gasteiger partial charge in [0.1, 0.15) is 0 Å². The van der Waals surface area contributed by atoms with Crippen molar-refractivity contribution in [2.75, 3.05) is 11.1 Å². The molecule has 3 N–H and O–H groups in total. The third kappa shape index (κ3) is 2.68. The summed E-state index contributed by atoms with van der Waals surface area (Å²) in [5.74, 6) is 0. The molecule has 0 aliphatic carbocycles. The van der Waals surface area contributed by atoms with Crippen LogP contribution in [0.4, 0.5) is 11.4 Å². The zero-order valence-corrected chi connectivity index (χ0v) is 11.9. The molecule has 0 atom stereocenters. The van der Waals surface area contributed by atoms with Crippen LogP contribution in [0.2, 0.25) is 0 Å². The molecule has 0 aliphatic rings. The summed E-state index contributed by atoms with van der Waals surface area (Å²) in [7, 11) is 0. The Bertz CT molecular complexity index is 494. The van der Waals surface area contributed by atoms with Crippen molar-refractivity contribution >= 4 is 45.3 Å². The Kier molecular flexibility index (Phi) is 3.70. The smallest absolute Gasteiger partial charge is 0.0577 e. The van der Waals surface area contributed by atoms with Crippen molar-refractivity contribution in [3.63, 3.8) is 0 Å². The van der Waals surface area contributed by atoms with Crippen LogP contribution in [0.1, 0.15) is 10.4 Å². The van der Waals surface area contributed by atoms with Gasteiger partial charge in [0, 0.05) is 15.0 Å². The van der Waals surface area contributed by atoms with Crippen molar-refractivity contribution in [3.05, 3.63) is 43.7 Å². The van der Waals surface area contributed by atoms with E-state index >= 15 is 0 Å². The Labute approximate surface area is 113 Å². The van der Waals surface area contributed by atoms with E-state index in [0.29, 0.717) is 0 Å². The summed E-state index contributed by atoms with van der Waals surface area (Å²) in [6, 6.07) is 8.20. The van der Waals surface area contributed by atoms with Crippen LogP contribution in [0.5, 0.6) is 0 Å². The first-order valence-electron chi connectivity index (χ1n) is 4.98. The predicted molar refractivity (Wildman–Crippen MR) is 80.0 cm³/mol. The first-order valence-corrected chi connectivity index (χ1v) is 6.94. The molecule has 2 nitrogen and oxygen atoms in total. The first kappa shape index (κ1) is 11.7. The molecule has 0 fully saturated rings. The van der Waals surface area contributed by atoms with Crippen molar-refractivity contribution < 1.29 is 0 Å². The van der Waals surface area contributed by atoms with Crippen molar-refractivity contribution in [2.45, 2.75) is 13.5 Å². The molecule has 16 heavy (non-hydrogen) atoms. The standard InChI is InChI=1S/C12H13IN2S/c1-8-4-5-16-12(8)7-15-11-3-2-9(13)6-10(11)14/h2-6,15H,7,14H2,1H3. The number of nitrogens with two attached hydrogens (primary N) is 1. The van der Waals surface area contributed by atoms with Gasteiger partial charge >= 0.3 is 0 Å². The van der Waals surface area contributed by atoms with Crippen molar-refractivity contribution in [2.24, 2.45) is 0 Å². The van der Waals surface area contributed by atoms with Gasteiger partial charge in [-0.2, -0.15) is 0 Å². The van der Waals surface area contributed by atoms with E-state index in [1.807, 2.05) is 12.1 Å². The second kappa shape index (κ2) is 5.05. The fourth-order valence-electron chi connectivity index (χ4n) is 1.46. The van der Waals surface area contributed by atoms with E-state index in [1.165, 1.54) is 10.4 Å². The number of aryl methyl sites for hydroxylation is 1. The fourth-order valence-corrected chi connectivity index (χ4v) is 2.82. The molecule has 1 heterocycles. The number of hydrogen-bond donors (Lipinski definition) is 2. The van der Waals surface area contributed by atoms with Crippen LogP contribution in [-0.4, -0.2) is 0 Å². The van der Waals surface area contributed by atoms with Gasteiger partial charge in [-0.15, -0.1) is 11.3 Å². The minimum Gasteiger partial charge on any atom is -0.397 e. The first-order chi connectivity index (χ1) is 7.66. The van der Waals surface area contributed by atoms with Crippen LogP contribution >= 0.6 is 33.9 Å². The molecule has 2 rings (SSSR count). The molecule has 0 radical (unpaired) electrons. The number of halogens is 1. The molecule has 1 aromatic heterocycles. The number of benzene rings is 1. The maximum Gasteiger partial charge on any atom is 0.0577 e. The lowest BCUT2D eigenvalue weighted by Gasteiger charge is -2.09. The quantitative estimate of drug-likeness (QED) is 0.656. The van der Waals surface area contributed by atoms with Gasteiger partial charge in [0.05, 0.1) is 11.4 Å². The number of nitrogen functional groups attached to an aromatic ring is 1. The summed E-state index contributed by atoms with van der Waals surface area (Å²) in [4.78, 5) is 1.36. The van der Waals surface area contributed by atoms with Crippen molar-refractivity contribution in [1.29, 1.82) is 0 Å². The van der Waals surface area contributed by atoms with Crippen LogP contribution in [-0.2, 0) is 6.54 Å². The van der Waals surface area contributed by atoms with Gasteiger partial charge in [0.2, 0.25) is 0 Å².